The first-order valence-electron chi connectivity index (χ1n) is 6.27. The third kappa shape index (κ3) is 3.20. The predicted molar refractivity (Wildman–Crippen MR) is 79.3 cm³/mol. The summed E-state index contributed by atoms with van der Waals surface area (Å²) in [5.74, 6) is 0.818. The van der Waals surface area contributed by atoms with Crippen molar-refractivity contribution in [1.29, 1.82) is 0 Å². The Balaban J connectivity index is 2.21. The molecule has 0 saturated carbocycles. The van der Waals surface area contributed by atoms with Crippen LogP contribution in [0.15, 0.2) is 12.1 Å². The molecule has 1 aliphatic rings. The van der Waals surface area contributed by atoms with Gasteiger partial charge in [-0.15, -0.1) is 0 Å². The minimum Gasteiger partial charge on any atom is -0.389 e. The molecule has 1 aromatic heterocycles. The quantitative estimate of drug-likeness (QED) is 0.798. The highest BCUT2D eigenvalue weighted by Crippen LogP contribution is 2.23. The van der Waals surface area contributed by atoms with E-state index in [9.17, 15) is 4.79 Å². The van der Waals surface area contributed by atoms with Crippen LogP contribution in [0.4, 0.5) is 5.82 Å². The Bertz CT molecular complexity index is 517. The number of nitrogens with one attached hydrogen (secondary N) is 1. The molecule has 2 heterocycles. The number of hydrogen-bond donors (Lipinski definition) is 2. The second-order valence-corrected chi connectivity index (χ2v) is 5.26. The van der Waals surface area contributed by atoms with Crippen LogP contribution < -0.4 is 16.0 Å². The standard InChI is InChI=1S/C13H18N4OS/c1-8-3-4-11(12(14)19)13(15-8)17-6-5-10(7-17)16-9(2)18/h3-4,10H,5-7H2,1-2H3,(H2,14,19)(H,16,18). The molecule has 0 radical (unpaired) electrons. The van der Waals surface area contributed by atoms with Gasteiger partial charge in [0.05, 0.1) is 5.56 Å². The number of aryl methyl sites for hydroxylation is 1. The number of nitrogens with zero attached hydrogens (tertiary/aromatic N) is 2. The monoisotopic (exact) mass is 278 g/mol. The average Bonchev–Trinajstić information content (AvgIpc) is 2.75. The van der Waals surface area contributed by atoms with Gasteiger partial charge >= 0.3 is 0 Å². The van der Waals surface area contributed by atoms with Crippen molar-refractivity contribution >= 4 is 28.9 Å². The number of rotatable bonds is 3. The van der Waals surface area contributed by atoms with Gasteiger partial charge in [0.25, 0.3) is 0 Å². The Morgan fingerprint density at radius 1 is 1.58 bits per heavy atom. The smallest absolute Gasteiger partial charge is 0.217 e. The van der Waals surface area contributed by atoms with Crippen molar-refractivity contribution in [2.75, 3.05) is 18.0 Å². The number of carbonyl (C=O) groups excluding carboxylic acids is 1. The molecular formula is C13H18N4OS. The molecule has 0 aromatic carbocycles. The SMILES string of the molecule is CC(=O)NC1CCN(c2nc(C)ccc2C(N)=S)C1. The Kier molecular flexibility index (Phi) is 3.99. The van der Waals surface area contributed by atoms with E-state index in [4.69, 9.17) is 18.0 Å². The molecule has 19 heavy (non-hydrogen) atoms. The van der Waals surface area contributed by atoms with Crippen molar-refractivity contribution in [3.05, 3.63) is 23.4 Å². The average molecular weight is 278 g/mol. The number of pyridine rings is 1. The largest absolute Gasteiger partial charge is 0.389 e. The van der Waals surface area contributed by atoms with Crippen LogP contribution in [0.3, 0.4) is 0 Å². The Morgan fingerprint density at radius 3 is 2.95 bits per heavy atom. The van der Waals surface area contributed by atoms with Gasteiger partial charge < -0.3 is 16.0 Å². The van der Waals surface area contributed by atoms with Gasteiger partial charge in [0, 0.05) is 31.7 Å². The molecule has 1 aromatic rings. The maximum absolute atomic E-state index is 11.1. The minimum absolute atomic E-state index is 0.00128. The highest BCUT2D eigenvalue weighted by Gasteiger charge is 2.26. The second kappa shape index (κ2) is 5.52. The number of nitrogens with two attached hydrogens (primary N) is 1. The summed E-state index contributed by atoms with van der Waals surface area (Å²) in [5.41, 5.74) is 7.47. The molecule has 0 aliphatic carbocycles. The second-order valence-electron chi connectivity index (χ2n) is 4.82. The van der Waals surface area contributed by atoms with Crippen LogP contribution in [0.5, 0.6) is 0 Å². The van der Waals surface area contributed by atoms with Crippen molar-refractivity contribution < 1.29 is 4.79 Å². The van der Waals surface area contributed by atoms with Gasteiger partial charge in [-0.1, -0.05) is 12.2 Å². The van der Waals surface area contributed by atoms with Gasteiger partial charge in [0.2, 0.25) is 5.91 Å². The maximum Gasteiger partial charge on any atom is 0.217 e. The minimum atomic E-state index is -0.00128. The van der Waals surface area contributed by atoms with Gasteiger partial charge in [-0.25, -0.2) is 4.98 Å². The van der Waals surface area contributed by atoms with Crippen molar-refractivity contribution in [3.8, 4) is 0 Å². The maximum atomic E-state index is 11.1. The predicted octanol–water partition coefficient (Wildman–Crippen LogP) is 0.739. The highest BCUT2D eigenvalue weighted by atomic mass is 32.1. The molecule has 1 atom stereocenters. The Labute approximate surface area is 118 Å². The highest BCUT2D eigenvalue weighted by molar-refractivity contribution is 7.80. The van der Waals surface area contributed by atoms with E-state index in [0.29, 0.717) is 4.99 Å². The van der Waals surface area contributed by atoms with Crippen molar-refractivity contribution in [2.45, 2.75) is 26.3 Å². The van der Waals surface area contributed by atoms with Crippen LogP contribution >= 0.6 is 12.2 Å². The third-order valence-corrected chi connectivity index (χ3v) is 3.39. The van der Waals surface area contributed by atoms with E-state index >= 15 is 0 Å². The van der Waals surface area contributed by atoms with Crippen LogP contribution in [0.2, 0.25) is 0 Å². The van der Waals surface area contributed by atoms with E-state index in [1.54, 1.807) is 0 Å². The summed E-state index contributed by atoms with van der Waals surface area (Å²) >= 11 is 5.07. The fourth-order valence-electron chi connectivity index (χ4n) is 2.33. The summed E-state index contributed by atoms with van der Waals surface area (Å²) < 4.78 is 0. The van der Waals surface area contributed by atoms with Crippen molar-refractivity contribution in [1.82, 2.24) is 10.3 Å². The van der Waals surface area contributed by atoms with E-state index in [2.05, 4.69) is 15.2 Å². The fraction of sp³-hybridized carbons (Fsp3) is 0.462. The van der Waals surface area contributed by atoms with E-state index < -0.39 is 0 Å². The molecule has 3 N–H and O–H groups in total. The van der Waals surface area contributed by atoms with Gasteiger partial charge in [-0.3, -0.25) is 4.79 Å². The molecule has 1 saturated heterocycles. The number of aromatic nitrogens is 1. The number of anilines is 1. The summed E-state index contributed by atoms with van der Waals surface area (Å²) in [6.45, 7) is 5.06. The molecule has 0 spiro atoms. The van der Waals surface area contributed by atoms with Gasteiger partial charge in [0.1, 0.15) is 10.8 Å². The van der Waals surface area contributed by atoms with Gasteiger partial charge in [-0.05, 0) is 25.5 Å². The first-order valence-corrected chi connectivity index (χ1v) is 6.67. The summed E-state index contributed by atoms with van der Waals surface area (Å²) in [7, 11) is 0. The van der Waals surface area contributed by atoms with Crippen LogP contribution in [0, 0.1) is 6.92 Å². The zero-order valence-electron chi connectivity index (χ0n) is 11.1. The van der Waals surface area contributed by atoms with Crippen LogP contribution in [-0.4, -0.2) is 35.0 Å². The number of carbonyl (C=O) groups is 1. The zero-order chi connectivity index (χ0) is 14.0. The lowest BCUT2D eigenvalue weighted by molar-refractivity contribution is -0.119. The molecule has 5 nitrogen and oxygen atoms in total. The van der Waals surface area contributed by atoms with E-state index in [0.717, 1.165) is 36.6 Å². The summed E-state index contributed by atoms with van der Waals surface area (Å²) in [5, 5.41) is 2.93. The van der Waals surface area contributed by atoms with Crippen LogP contribution in [0.1, 0.15) is 24.6 Å². The van der Waals surface area contributed by atoms with Gasteiger partial charge in [0.15, 0.2) is 0 Å². The van der Waals surface area contributed by atoms with Gasteiger partial charge in [-0.2, -0.15) is 0 Å². The first kappa shape index (κ1) is 13.7. The zero-order valence-corrected chi connectivity index (χ0v) is 12.0. The molecule has 1 fully saturated rings. The molecule has 1 aliphatic heterocycles. The fourth-order valence-corrected chi connectivity index (χ4v) is 2.49. The van der Waals surface area contributed by atoms with E-state index in [1.807, 2.05) is 19.1 Å². The molecular weight excluding hydrogens is 260 g/mol. The van der Waals surface area contributed by atoms with Crippen molar-refractivity contribution in [2.24, 2.45) is 5.73 Å². The number of amides is 1. The first-order chi connectivity index (χ1) is 8.97. The molecule has 6 heteroatoms. The lowest BCUT2D eigenvalue weighted by Crippen LogP contribution is -2.36. The molecule has 102 valence electrons. The summed E-state index contributed by atoms with van der Waals surface area (Å²) in [6.07, 6.45) is 0.909. The lowest BCUT2D eigenvalue weighted by atomic mass is 10.2. The normalized spacial score (nSPS) is 18.4. The molecule has 1 unspecified atom stereocenters. The Morgan fingerprint density at radius 2 is 2.32 bits per heavy atom. The summed E-state index contributed by atoms with van der Waals surface area (Å²) in [4.78, 5) is 18.1. The third-order valence-electron chi connectivity index (χ3n) is 3.17. The van der Waals surface area contributed by atoms with Crippen molar-refractivity contribution in [3.63, 3.8) is 0 Å². The van der Waals surface area contributed by atoms with Crippen LogP contribution in [0.25, 0.3) is 0 Å². The number of hydrogen-bond acceptors (Lipinski definition) is 4. The number of thiocarbonyl (C=S) groups is 1. The molecule has 2 rings (SSSR count). The molecule has 1 amide bonds. The molecule has 0 bridgehead atoms. The van der Waals surface area contributed by atoms with E-state index in [-0.39, 0.29) is 11.9 Å². The van der Waals surface area contributed by atoms with Crippen LogP contribution in [-0.2, 0) is 4.79 Å². The lowest BCUT2D eigenvalue weighted by Gasteiger charge is -2.21. The summed E-state index contributed by atoms with van der Waals surface area (Å²) in [6, 6.07) is 3.98. The topological polar surface area (TPSA) is 71.2 Å². The Hall–Kier alpha value is -1.69. The van der Waals surface area contributed by atoms with E-state index in [1.165, 1.54) is 6.92 Å².